The molecule has 0 aliphatic carbocycles. The van der Waals surface area contributed by atoms with Gasteiger partial charge in [-0.3, -0.25) is 0 Å². The maximum absolute atomic E-state index is 12.0. The van der Waals surface area contributed by atoms with Crippen molar-refractivity contribution in [2.75, 3.05) is 39.6 Å². The molecule has 0 bridgehead atoms. The third-order valence-corrected chi connectivity index (χ3v) is 9.45. The molecule has 1 fully saturated rings. The van der Waals surface area contributed by atoms with Crippen LogP contribution >= 0.6 is 0 Å². The van der Waals surface area contributed by atoms with E-state index < -0.39 is 11.4 Å². The monoisotopic (exact) mass is 714 g/mol. The average Bonchev–Trinajstić information content (AvgIpc) is 3.93. The van der Waals surface area contributed by atoms with Crippen molar-refractivity contribution in [2.45, 2.75) is 91.5 Å². The molecule has 0 aromatic heterocycles. The van der Waals surface area contributed by atoms with Crippen molar-refractivity contribution in [3.8, 4) is 22.6 Å². The Labute approximate surface area is 310 Å². The summed E-state index contributed by atoms with van der Waals surface area (Å²) in [5.74, 6) is 0.963. The number of ether oxygens (including phenoxy) is 5. The summed E-state index contributed by atoms with van der Waals surface area (Å²) in [7, 11) is 0. The van der Waals surface area contributed by atoms with Crippen LogP contribution in [0.1, 0.15) is 75.6 Å². The maximum atomic E-state index is 12.0. The minimum Gasteiger partial charge on any atom is -0.493 e. The van der Waals surface area contributed by atoms with Gasteiger partial charge in [0, 0.05) is 16.6 Å². The van der Waals surface area contributed by atoms with Gasteiger partial charge in [0.25, 0.3) is 0 Å². The molecule has 282 valence electrons. The van der Waals surface area contributed by atoms with Crippen LogP contribution in [0.15, 0.2) is 85.0 Å². The minimum absolute atomic E-state index is 0.0699. The lowest BCUT2D eigenvalue weighted by molar-refractivity contribution is -0.139. The van der Waals surface area contributed by atoms with Crippen LogP contribution in [0.4, 0.5) is 0 Å². The lowest BCUT2D eigenvalue weighted by Gasteiger charge is -2.24. The predicted octanol–water partition coefficient (Wildman–Crippen LogP) is 7.99. The highest BCUT2D eigenvalue weighted by molar-refractivity contribution is 5.86. The SMILES string of the molecule is C=C(C)C(=O)OCCOc1cc(CCc2ccc(CCCCC)cc2)ccc1-c1ccc(OCCC(C)(CO)CO)c(CCOC2OC2C(=C)C)c1. The number of esters is 1. The molecule has 3 aromatic rings. The third-order valence-electron chi connectivity index (χ3n) is 9.45. The molecular formula is C44H58O8. The first-order valence-corrected chi connectivity index (χ1v) is 18.6. The van der Waals surface area contributed by atoms with Gasteiger partial charge >= 0.3 is 5.97 Å². The van der Waals surface area contributed by atoms with Crippen molar-refractivity contribution >= 4 is 5.97 Å². The molecule has 2 unspecified atom stereocenters. The Morgan fingerprint density at radius 2 is 1.46 bits per heavy atom. The van der Waals surface area contributed by atoms with Gasteiger partial charge in [0.1, 0.15) is 30.8 Å². The fraction of sp³-hybridized carbons (Fsp3) is 0.477. The molecule has 0 amide bonds. The smallest absolute Gasteiger partial charge is 0.333 e. The van der Waals surface area contributed by atoms with E-state index in [2.05, 4.69) is 68.6 Å². The molecule has 0 saturated carbocycles. The van der Waals surface area contributed by atoms with Gasteiger partial charge in [-0.1, -0.05) is 82.3 Å². The molecule has 8 heteroatoms. The quantitative estimate of drug-likeness (QED) is 0.0316. The number of epoxide rings is 1. The highest BCUT2D eigenvalue weighted by Gasteiger charge is 2.40. The average molecular weight is 715 g/mol. The highest BCUT2D eigenvalue weighted by atomic mass is 16.8. The molecule has 1 heterocycles. The summed E-state index contributed by atoms with van der Waals surface area (Å²) in [5, 5.41) is 19.5. The van der Waals surface area contributed by atoms with Gasteiger partial charge in [0.15, 0.2) is 6.29 Å². The molecule has 1 saturated heterocycles. The molecule has 1 aliphatic rings. The number of unbranched alkanes of at least 4 members (excludes halogenated alkanes) is 2. The van der Waals surface area contributed by atoms with Crippen LogP contribution in [-0.2, 0) is 44.7 Å². The van der Waals surface area contributed by atoms with Crippen LogP contribution in [0.5, 0.6) is 11.5 Å². The summed E-state index contributed by atoms with van der Waals surface area (Å²) in [4.78, 5) is 12.0. The van der Waals surface area contributed by atoms with Crippen molar-refractivity contribution in [3.63, 3.8) is 0 Å². The van der Waals surface area contributed by atoms with Crippen LogP contribution in [0.2, 0.25) is 0 Å². The van der Waals surface area contributed by atoms with Gasteiger partial charge in [-0.25, -0.2) is 4.79 Å². The summed E-state index contributed by atoms with van der Waals surface area (Å²) >= 11 is 0. The number of rotatable bonds is 24. The summed E-state index contributed by atoms with van der Waals surface area (Å²) in [6, 6.07) is 21.3. The Kier molecular flexibility index (Phi) is 16.0. The zero-order valence-electron chi connectivity index (χ0n) is 31.6. The zero-order chi connectivity index (χ0) is 37.5. The number of carbonyl (C=O) groups is 1. The molecule has 8 nitrogen and oxygen atoms in total. The minimum atomic E-state index is -0.630. The maximum Gasteiger partial charge on any atom is 0.333 e. The van der Waals surface area contributed by atoms with Crippen LogP contribution in [0.25, 0.3) is 11.1 Å². The predicted molar refractivity (Wildman–Crippen MR) is 206 cm³/mol. The largest absolute Gasteiger partial charge is 0.493 e. The standard InChI is InChI=1S/C44H58O8/c1-7-8-9-10-33-11-13-34(14-12-33)15-16-35-17-19-38(40(27-35)49-25-26-50-42(47)32(4)5)36-18-20-39(48-24-22-44(6,29-45)30-46)37(28-36)21-23-51-43-41(52-43)31(2)3/h11-14,17-20,27-28,41,43,45-46H,2,4,7-10,15-16,21-26,29-30H2,1,3,5-6H3. The Bertz CT molecular complexity index is 1610. The Morgan fingerprint density at radius 1 is 0.788 bits per heavy atom. The lowest BCUT2D eigenvalue weighted by atomic mass is 9.89. The summed E-state index contributed by atoms with van der Waals surface area (Å²) in [6.45, 7) is 16.0. The van der Waals surface area contributed by atoms with Crippen LogP contribution in [0, 0.1) is 5.41 Å². The van der Waals surface area contributed by atoms with Gasteiger partial charge in [-0.2, -0.15) is 0 Å². The van der Waals surface area contributed by atoms with Crippen LogP contribution < -0.4 is 9.47 Å². The van der Waals surface area contributed by atoms with E-state index in [0.717, 1.165) is 47.1 Å². The molecule has 0 spiro atoms. The number of hydrogen-bond donors (Lipinski definition) is 2. The number of benzene rings is 3. The normalized spacial score (nSPS) is 15.3. The fourth-order valence-electron chi connectivity index (χ4n) is 5.79. The van der Waals surface area contributed by atoms with Gasteiger partial charge in [-0.05, 0) is 104 Å². The Balaban J connectivity index is 1.54. The second kappa shape index (κ2) is 20.3. The van der Waals surface area contributed by atoms with E-state index in [-0.39, 0.29) is 38.8 Å². The Morgan fingerprint density at radius 3 is 2.12 bits per heavy atom. The molecule has 1 aliphatic heterocycles. The summed E-state index contributed by atoms with van der Waals surface area (Å²) < 4.78 is 29.4. The number of aryl methyl sites for hydroxylation is 3. The number of carbonyl (C=O) groups excluding carboxylic acids is 1. The highest BCUT2D eigenvalue weighted by Crippen LogP contribution is 2.36. The Hall–Kier alpha value is -3.95. The van der Waals surface area contributed by atoms with E-state index in [0.29, 0.717) is 43.1 Å². The van der Waals surface area contributed by atoms with Gasteiger partial charge in [0.2, 0.25) is 0 Å². The van der Waals surface area contributed by atoms with Gasteiger partial charge in [0.05, 0.1) is 26.4 Å². The van der Waals surface area contributed by atoms with E-state index in [1.807, 2.05) is 26.0 Å². The number of hydrogen-bond acceptors (Lipinski definition) is 8. The molecule has 2 atom stereocenters. The van der Waals surface area contributed by atoms with Crippen LogP contribution in [0.3, 0.4) is 0 Å². The van der Waals surface area contributed by atoms with E-state index in [4.69, 9.17) is 23.7 Å². The first-order valence-electron chi connectivity index (χ1n) is 18.6. The second-order valence-electron chi connectivity index (χ2n) is 14.3. The molecule has 2 N–H and O–H groups in total. The fourth-order valence-corrected chi connectivity index (χ4v) is 5.79. The van der Waals surface area contributed by atoms with Crippen molar-refractivity contribution in [2.24, 2.45) is 5.41 Å². The molecule has 4 rings (SSSR count). The summed E-state index contributed by atoms with van der Waals surface area (Å²) in [6.07, 6.45) is 7.30. The first kappa shape index (κ1) is 40.8. The van der Waals surface area contributed by atoms with Gasteiger partial charge < -0.3 is 33.9 Å². The molecule has 3 aromatic carbocycles. The molecule has 52 heavy (non-hydrogen) atoms. The lowest BCUT2D eigenvalue weighted by Crippen LogP contribution is -2.28. The van der Waals surface area contributed by atoms with E-state index in [9.17, 15) is 15.0 Å². The van der Waals surface area contributed by atoms with Crippen molar-refractivity contribution in [3.05, 3.63) is 107 Å². The van der Waals surface area contributed by atoms with E-state index in [1.54, 1.807) is 6.92 Å². The van der Waals surface area contributed by atoms with Crippen molar-refractivity contribution < 1.29 is 38.7 Å². The second-order valence-corrected chi connectivity index (χ2v) is 14.3. The van der Waals surface area contributed by atoms with E-state index in [1.165, 1.54) is 30.4 Å². The van der Waals surface area contributed by atoms with Crippen molar-refractivity contribution in [1.29, 1.82) is 0 Å². The molecular weight excluding hydrogens is 656 g/mol. The van der Waals surface area contributed by atoms with Crippen LogP contribution in [-0.4, -0.2) is 68.2 Å². The van der Waals surface area contributed by atoms with Crippen molar-refractivity contribution in [1.82, 2.24) is 0 Å². The summed E-state index contributed by atoms with van der Waals surface area (Å²) in [5.41, 5.74) is 7.27. The number of aliphatic hydroxyl groups excluding tert-OH is 2. The third kappa shape index (κ3) is 12.6. The molecule has 0 radical (unpaired) electrons. The zero-order valence-corrected chi connectivity index (χ0v) is 31.6. The first-order chi connectivity index (χ1) is 25.1. The topological polar surface area (TPSA) is 107 Å². The number of aliphatic hydroxyl groups is 2. The van der Waals surface area contributed by atoms with E-state index >= 15 is 0 Å². The van der Waals surface area contributed by atoms with Gasteiger partial charge in [-0.15, -0.1) is 0 Å².